The van der Waals surface area contributed by atoms with Gasteiger partial charge in [-0.1, -0.05) is 42.9 Å². The molecule has 1 atom stereocenters. The van der Waals surface area contributed by atoms with Crippen LogP contribution in [0.15, 0.2) is 18.2 Å². The third-order valence-electron chi connectivity index (χ3n) is 3.00. The van der Waals surface area contributed by atoms with Gasteiger partial charge in [-0.25, -0.2) is 4.39 Å². The van der Waals surface area contributed by atoms with Crippen molar-refractivity contribution in [3.05, 3.63) is 45.2 Å². The number of hydrogen-bond acceptors (Lipinski definition) is 4. The summed E-state index contributed by atoms with van der Waals surface area (Å²) in [5.74, 6) is -0.418. The van der Waals surface area contributed by atoms with Crippen LogP contribution in [0.1, 0.15) is 42.9 Å². The lowest BCUT2D eigenvalue weighted by Crippen LogP contribution is -2.20. The molecule has 1 aromatic carbocycles. The number of benzene rings is 1. The number of hydrogen-bond donors (Lipinski definition) is 1. The summed E-state index contributed by atoms with van der Waals surface area (Å²) in [7, 11) is 0. The lowest BCUT2D eigenvalue weighted by molar-refractivity contribution is 0.550. The molecule has 2 aromatic rings. The standard InChI is InChI=1S/C14H17ClFN3S/c1-14(2,3)13-12(20-19-18-13)11(17)7-8-4-5-10(16)9(15)6-8/h4-6,11H,7,17H2,1-3H3. The summed E-state index contributed by atoms with van der Waals surface area (Å²) in [5, 5.41) is 4.30. The Kier molecular flexibility index (Phi) is 4.42. The lowest BCUT2D eigenvalue weighted by Gasteiger charge is -2.19. The maximum absolute atomic E-state index is 13.1. The van der Waals surface area contributed by atoms with Crippen molar-refractivity contribution >= 4 is 23.1 Å². The highest BCUT2D eigenvalue weighted by Gasteiger charge is 2.25. The molecule has 0 aliphatic heterocycles. The Morgan fingerprint density at radius 3 is 2.70 bits per heavy atom. The van der Waals surface area contributed by atoms with Crippen LogP contribution in [-0.2, 0) is 11.8 Å². The van der Waals surface area contributed by atoms with Crippen LogP contribution < -0.4 is 5.73 Å². The van der Waals surface area contributed by atoms with E-state index in [-0.39, 0.29) is 16.5 Å². The van der Waals surface area contributed by atoms with E-state index in [9.17, 15) is 4.39 Å². The molecule has 0 saturated carbocycles. The fourth-order valence-corrected chi connectivity index (χ4v) is 3.04. The minimum Gasteiger partial charge on any atom is -0.323 e. The molecule has 20 heavy (non-hydrogen) atoms. The third kappa shape index (κ3) is 3.34. The number of aromatic nitrogens is 2. The molecule has 6 heteroatoms. The number of rotatable bonds is 3. The van der Waals surface area contributed by atoms with Gasteiger partial charge in [0.2, 0.25) is 0 Å². The fraction of sp³-hybridized carbons (Fsp3) is 0.429. The molecule has 0 spiro atoms. The van der Waals surface area contributed by atoms with Gasteiger partial charge in [-0.15, -0.1) is 5.10 Å². The van der Waals surface area contributed by atoms with Crippen molar-refractivity contribution in [2.45, 2.75) is 38.6 Å². The molecule has 0 bridgehead atoms. The van der Waals surface area contributed by atoms with E-state index in [1.807, 2.05) is 0 Å². The number of halogens is 2. The molecule has 3 nitrogen and oxygen atoms in total. The Morgan fingerprint density at radius 1 is 1.40 bits per heavy atom. The maximum Gasteiger partial charge on any atom is 0.141 e. The summed E-state index contributed by atoms with van der Waals surface area (Å²) in [6, 6.07) is 4.46. The van der Waals surface area contributed by atoms with E-state index in [2.05, 4.69) is 30.4 Å². The first-order chi connectivity index (χ1) is 9.29. The van der Waals surface area contributed by atoms with E-state index >= 15 is 0 Å². The molecule has 1 unspecified atom stereocenters. The van der Waals surface area contributed by atoms with Crippen LogP contribution in [0.25, 0.3) is 0 Å². The second-order valence-electron chi connectivity index (χ2n) is 5.79. The van der Waals surface area contributed by atoms with E-state index in [4.69, 9.17) is 17.3 Å². The van der Waals surface area contributed by atoms with Crippen molar-refractivity contribution in [2.75, 3.05) is 0 Å². The molecule has 108 valence electrons. The smallest absolute Gasteiger partial charge is 0.141 e. The highest BCUT2D eigenvalue weighted by atomic mass is 35.5. The summed E-state index contributed by atoms with van der Waals surface area (Å²) in [4.78, 5) is 0.970. The zero-order valence-corrected chi connectivity index (χ0v) is 13.2. The van der Waals surface area contributed by atoms with Crippen molar-refractivity contribution < 1.29 is 4.39 Å². The van der Waals surface area contributed by atoms with Gasteiger partial charge >= 0.3 is 0 Å². The Bertz CT molecular complexity index is 607. The second kappa shape index (κ2) is 5.76. The van der Waals surface area contributed by atoms with Crippen LogP contribution in [0.4, 0.5) is 4.39 Å². The Morgan fingerprint density at radius 2 is 2.10 bits per heavy atom. The largest absolute Gasteiger partial charge is 0.323 e. The quantitative estimate of drug-likeness (QED) is 0.935. The van der Waals surface area contributed by atoms with Crippen LogP contribution >= 0.6 is 23.1 Å². The molecule has 0 fully saturated rings. The molecule has 2 N–H and O–H groups in total. The number of nitrogens with zero attached hydrogens (tertiary/aromatic N) is 2. The van der Waals surface area contributed by atoms with Gasteiger partial charge in [0.1, 0.15) is 5.82 Å². The van der Waals surface area contributed by atoms with E-state index in [0.717, 1.165) is 16.1 Å². The van der Waals surface area contributed by atoms with E-state index in [1.54, 1.807) is 12.1 Å². The first-order valence-electron chi connectivity index (χ1n) is 6.31. The fourth-order valence-electron chi connectivity index (χ4n) is 1.97. The molecule has 1 heterocycles. The molecule has 0 aliphatic rings. The highest BCUT2D eigenvalue weighted by Crippen LogP contribution is 2.31. The zero-order valence-electron chi connectivity index (χ0n) is 11.7. The highest BCUT2D eigenvalue weighted by molar-refractivity contribution is 7.05. The van der Waals surface area contributed by atoms with Gasteiger partial charge in [-0.3, -0.25) is 0 Å². The predicted octanol–water partition coefficient (Wildman–Crippen LogP) is 3.87. The van der Waals surface area contributed by atoms with Gasteiger partial charge in [0.05, 0.1) is 15.6 Å². The van der Waals surface area contributed by atoms with Crippen LogP contribution in [0, 0.1) is 5.82 Å². The zero-order chi connectivity index (χ0) is 14.9. The Hall–Kier alpha value is -1.04. The molecular weight excluding hydrogens is 297 g/mol. The first-order valence-corrected chi connectivity index (χ1v) is 7.46. The van der Waals surface area contributed by atoms with E-state index in [0.29, 0.717) is 6.42 Å². The van der Waals surface area contributed by atoms with Gasteiger partial charge in [-0.2, -0.15) is 0 Å². The van der Waals surface area contributed by atoms with Crippen molar-refractivity contribution in [3.63, 3.8) is 0 Å². The van der Waals surface area contributed by atoms with E-state index < -0.39 is 5.82 Å². The summed E-state index contributed by atoms with van der Waals surface area (Å²) in [6.45, 7) is 6.23. The van der Waals surface area contributed by atoms with Crippen molar-refractivity contribution in [3.8, 4) is 0 Å². The number of nitrogens with two attached hydrogens (primary N) is 1. The van der Waals surface area contributed by atoms with Gasteiger partial charge in [-0.05, 0) is 35.6 Å². The van der Waals surface area contributed by atoms with Crippen LogP contribution in [-0.4, -0.2) is 9.59 Å². The van der Waals surface area contributed by atoms with Crippen molar-refractivity contribution in [2.24, 2.45) is 5.73 Å². The molecular formula is C14H17ClFN3S. The Balaban J connectivity index is 2.22. The third-order valence-corrected chi connectivity index (χ3v) is 4.15. The van der Waals surface area contributed by atoms with Crippen molar-refractivity contribution in [1.82, 2.24) is 9.59 Å². The first kappa shape index (κ1) is 15.4. The van der Waals surface area contributed by atoms with Gasteiger partial charge in [0.25, 0.3) is 0 Å². The molecule has 0 saturated heterocycles. The van der Waals surface area contributed by atoms with Gasteiger partial charge < -0.3 is 5.73 Å². The van der Waals surface area contributed by atoms with Crippen LogP contribution in [0.5, 0.6) is 0 Å². The second-order valence-corrected chi connectivity index (χ2v) is 6.99. The summed E-state index contributed by atoms with van der Waals surface area (Å²) in [6.07, 6.45) is 0.576. The van der Waals surface area contributed by atoms with Gasteiger partial charge in [0.15, 0.2) is 0 Å². The van der Waals surface area contributed by atoms with Crippen LogP contribution in [0.3, 0.4) is 0 Å². The maximum atomic E-state index is 13.1. The van der Waals surface area contributed by atoms with Crippen LogP contribution in [0.2, 0.25) is 5.02 Å². The minimum absolute atomic E-state index is 0.0968. The average Bonchev–Trinajstić information content (AvgIpc) is 2.83. The van der Waals surface area contributed by atoms with Crippen molar-refractivity contribution in [1.29, 1.82) is 0 Å². The van der Waals surface area contributed by atoms with E-state index in [1.165, 1.54) is 17.6 Å². The minimum atomic E-state index is -0.418. The summed E-state index contributed by atoms with van der Waals surface area (Å²) < 4.78 is 17.2. The normalized spacial score (nSPS) is 13.5. The summed E-state index contributed by atoms with van der Waals surface area (Å²) in [5.41, 5.74) is 7.97. The molecule has 2 rings (SSSR count). The summed E-state index contributed by atoms with van der Waals surface area (Å²) >= 11 is 7.11. The average molecular weight is 314 g/mol. The topological polar surface area (TPSA) is 51.8 Å². The Labute approximate surface area is 127 Å². The monoisotopic (exact) mass is 313 g/mol. The van der Waals surface area contributed by atoms with Gasteiger partial charge in [0, 0.05) is 11.5 Å². The molecule has 0 aliphatic carbocycles. The molecule has 0 amide bonds. The molecule has 1 aromatic heterocycles. The predicted molar refractivity (Wildman–Crippen MR) is 80.7 cm³/mol. The lowest BCUT2D eigenvalue weighted by atomic mass is 9.89. The molecule has 0 radical (unpaired) electrons. The SMILES string of the molecule is CC(C)(C)c1nnsc1C(N)Cc1ccc(F)c(Cl)c1.